The van der Waals surface area contributed by atoms with Crippen molar-refractivity contribution in [2.24, 2.45) is 0 Å². The number of esters is 1. The molecule has 1 N–H and O–H groups in total. The van der Waals surface area contributed by atoms with E-state index in [1.165, 1.54) is 24.5 Å². The number of thiophene rings is 1. The predicted molar refractivity (Wildman–Crippen MR) is 103 cm³/mol. The van der Waals surface area contributed by atoms with Gasteiger partial charge in [-0.05, 0) is 30.6 Å². The number of hydrogen-bond acceptors (Lipinski definition) is 5. The van der Waals surface area contributed by atoms with Crippen LogP contribution in [0.25, 0.3) is 16.2 Å². The fourth-order valence-electron chi connectivity index (χ4n) is 2.14. The zero-order valence-corrected chi connectivity index (χ0v) is 15.8. The predicted octanol–water partition coefficient (Wildman–Crippen LogP) is 3.98. The number of rotatable bonds is 7. The number of benzene rings is 1. The van der Waals surface area contributed by atoms with Crippen LogP contribution in [0, 0.1) is 0 Å². The fourth-order valence-corrected chi connectivity index (χ4v) is 4.01. The van der Waals surface area contributed by atoms with Gasteiger partial charge in [0.1, 0.15) is 6.04 Å². The summed E-state index contributed by atoms with van der Waals surface area (Å²) >= 11 is 9.46. The van der Waals surface area contributed by atoms with E-state index in [-0.39, 0.29) is 5.91 Å². The van der Waals surface area contributed by atoms with E-state index in [4.69, 9.17) is 16.3 Å². The number of nitrogens with one attached hydrogen (secondary N) is 1. The van der Waals surface area contributed by atoms with Crippen LogP contribution < -0.4 is 5.32 Å². The van der Waals surface area contributed by atoms with Gasteiger partial charge in [0.05, 0.1) is 12.1 Å². The highest BCUT2D eigenvalue weighted by molar-refractivity contribution is 7.98. The fraction of sp³-hybridized carbons (Fsp3) is 0.294. The number of methoxy groups -OCH3 is 1. The van der Waals surface area contributed by atoms with Crippen molar-refractivity contribution in [1.29, 1.82) is 0 Å². The summed E-state index contributed by atoms with van der Waals surface area (Å²) in [6.07, 6.45) is 5.54. The summed E-state index contributed by atoms with van der Waals surface area (Å²) < 4.78 is 5.79. The highest BCUT2D eigenvalue weighted by Gasteiger charge is 2.20. The smallest absolute Gasteiger partial charge is 0.328 e. The van der Waals surface area contributed by atoms with Gasteiger partial charge in [0, 0.05) is 21.0 Å². The van der Waals surface area contributed by atoms with Gasteiger partial charge in [0.15, 0.2) is 0 Å². The molecule has 128 valence electrons. The summed E-state index contributed by atoms with van der Waals surface area (Å²) in [7, 11) is 1.31. The molecule has 1 aromatic carbocycles. The van der Waals surface area contributed by atoms with E-state index in [0.717, 1.165) is 20.7 Å². The molecule has 1 amide bonds. The van der Waals surface area contributed by atoms with Crippen LogP contribution >= 0.6 is 34.7 Å². The summed E-state index contributed by atoms with van der Waals surface area (Å²) in [5.74, 6) is -0.0305. The van der Waals surface area contributed by atoms with Crippen molar-refractivity contribution in [2.45, 2.75) is 12.5 Å². The molecule has 0 saturated carbocycles. The first kappa shape index (κ1) is 18.8. The Morgan fingerprint density at radius 3 is 2.83 bits per heavy atom. The average Bonchev–Trinajstić information content (AvgIpc) is 2.92. The van der Waals surface area contributed by atoms with Gasteiger partial charge in [-0.3, -0.25) is 4.79 Å². The number of carbonyl (C=O) groups excluding carboxylic acids is 2. The molecule has 0 aliphatic rings. The molecule has 4 nitrogen and oxygen atoms in total. The van der Waals surface area contributed by atoms with E-state index in [1.807, 2.05) is 30.5 Å². The lowest BCUT2D eigenvalue weighted by molar-refractivity contribution is -0.144. The molecular weight excluding hydrogens is 366 g/mol. The molecule has 0 aliphatic carbocycles. The number of fused-ring (bicyclic) bond motifs is 1. The van der Waals surface area contributed by atoms with Crippen molar-refractivity contribution < 1.29 is 14.3 Å². The van der Waals surface area contributed by atoms with Crippen molar-refractivity contribution in [1.82, 2.24) is 5.32 Å². The maximum absolute atomic E-state index is 12.1. The van der Waals surface area contributed by atoms with Crippen LogP contribution in [-0.2, 0) is 14.3 Å². The van der Waals surface area contributed by atoms with Gasteiger partial charge in [0.25, 0.3) is 0 Å². The average molecular weight is 384 g/mol. The van der Waals surface area contributed by atoms with Gasteiger partial charge in [-0.1, -0.05) is 29.8 Å². The summed E-state index contributed by atoms with van der Waals surface area (Å²) in [5, 5.41) is 4.27. The first-order chi connectivity index (χ1) is 11.6. The molecular formula is C17H18ClNO3S2. The Morgan fingerprint density at radius 2 is 2.17 bits per heavy atom. The Morgan fingerprint density at radius 1 is 1.42 bits per heavy atom. The standard InChI is InChI=1S/C17H18ClNO3S2/c1-22-17(21)12(9-10-23-2)19-15(20)8-7-14-16(18)11-5-3-4-6-13(11)24-14/h3-8,12H,9-10H2,1-2H3,(H,19,20)/b8-7+/t12-/m0/s1. The van der Waals surface area contributed by atoms with Crippen LogP contribution in [0.5, 0.6) is 0 Å². The summed E-state index contributed by atoms with van der Waals surface area (Å²) in [4.78, 5) is 24.6. The van der Waals surface area contributed by atoms with Crippen molar-refractivity contribution in [3.8, 4) is 0 Å². The topological polar surface area (TPSA) is 55.4 Å². The largest absolute Gasteiger partial charge is 0.467 e. The Balaban J connectivity index is 2.07. The third-order valence-electron chi connectivity index (χ3n) is 3.36. The van der Waals surface area contributed by atoms with E-state index in [2.05, 4.69) is 5.32 Å². The number of halogens is 1. The van der Waals surface area contributed by atoms with Crippen LogP contribution in [0.4, 0.5) is 0 Å². The minimum atomic E-state index is -0.641. The molecule has 1 atom stereocenters. The van der Waals surface area contributed by atoms with Crippen LogP contribution in [0.15, 0.2) is 30.3 Å². The third kappa shape index (κ3) is 4.75. The molecule has 2 aromatic rings. The van der Waals surface area contributed by atoms with Crippen LogP contribution in [-0.4, -0.2) is 37.0 Å². The first-order valence-electron chi connectivity index (χ1n) is 7.29. The Hall–Kier alpha value is -1.50. The Kier molecular flexibility index (Phi) is 7.15. The first-order valence-corrected chi connectivity index (χ1v) is 9.88. The highest BCUT2D eigenvalue weighted by Crippen LogP contribution is 2.35. The minimum Gasteiger partial charge on any atom is -0.467 e. The highest BCUT2D eigenvalue weighted by atomic mass is 35.5. The van der Waals surface area contributed by atoms with Gasteiger partial charge in [-0.15, -0.1) is 11.3 Å². The van der Waals surface area contributed by atoms with Crippen molar-refractivity contribution >= 4 is 62.7 Å². The number of ether oxygens (including phenoxy) is 1. The Bertz CT molecular complexity index is 757. The second-order valence-corrected chi connectivity index (χ2v) is 7.42. The summed E-state index contributed by atoms with van der Waals surface area (Å²) in [5.41, 5.74) is 0. The molecule has 1 heterocycles. The molecule has 0 aliphatic heterocycles. The zero-order valence-electron chi connectivity index (χ0n) is 13.4. The number of amides is 1. The van der Waals surface area contributed by atoms with Gasteiger partial charge < -0.3 is 10.1 Å². The van der Waals surface area contributed by atoms with Gasteiger partial charge in [-0.2, -0.15) is 11.8 Å². The van der Waals surface area contributed by atoms with Gasteiger partial charge in [-0.25, -0.2) is 4.79 Å². The maximum Gasteiger partial charge on any atom is 0.328 e. The van der Waals surface area contributed by atoms with Gasteiger partial charge in [0.2, 0.25) is 5.91 Å². The SMILES string of the molecule is COC(=O)[C@H](CCSC)NC(=O)/C=C/c1sc2ccccc2c1Cl. The lowest BCUT2D eigenvalue weighted by Crippen LogP contribution is -2.41. The second-order valence-electron chi connectivity index (χ2n) is 4.98. The van der Waals surface area contributed by atoms with E-state index < -0.39 is 12.0 Å². The number of hydrogen-bond donors (Lipinski definition) is 1. The second kappa shape index (κ2) is 9.11. The van der Waals surface area contributed by atoms with Crippen LogP contribution in [0.2, 0.25) is 5.02 Å². The lowest BCUT2D eigenvalue weighted by Gasteiger charge is -2.14. The molecule has 0 fully saturated rings. The molecule has 0 bridgehead atoms. The van der Waals surface area contributed by atoms with Crippen LogP contribution in [0.1, 0.15) is 11.3 Å². The maximum atomic E-state index is 12.1. The van der Waals surface area contributed by atoms with E-state index in [1.54, 1.807) is 17.8 Å². The molecule has 0 spiro atoms. The normalized spacial score (nSPS) is 12.5. The van der Waals surface area contributed by atoms with Crippen LogP contribution in [0.3, 0.4) is 0 Å². The number of thioether (sulfide) groups is 1. The third-order valence-corrected chi connectivity index (χ3v) is 5.66. The number of carbonyl (C=O) groups is 2. The molecule has 0 unspecified atom stereocenters. The van der Waals surface area contributed by atoms with E-state index >= 15 is 0 Å². The van der Waals surface area contributed by atoms with E-state index in [0.29, 0.717) is 11.4 Å². The molecule has 2 rings (SSSR count). The molecule has 7 heteroatoms. The van der Waals surface area contributed by atoms with Crippen molar-refractivity contribution in [2.75, 3.05) is 19.1 Å². The molecule has 24 heavy (non-hydrogen) atoms. The van der Waals surface area contributed by atoms with E-state index in [9.17, 15) is 9.59 Å². The minimum absolute atomic E-state index is 0.347. The zero-order chi connectivity index (χ0) is 17.5. The van der Waals surface area contributed by atoms with Gasteiger partial charge >= 0.3 is 5.97 Å². The summed E-state index contributed by atoms with van der Waals surface area (Å²) in [6.45, 7) is 0. The summed E-state index contributed by atoms with van der Waals surface area (Å²) in [6, 6.07) is 7.16. The lowest BCUT2D eigenvalue weighted by atomic mass is 10.2. The van der Waals surface area contributed by atoms with Crippen molar-refractivity contribution in [3.05, 3.63) is 40.2 Å². The molecule has 0 radical (unpaired) electrons. The van der Waals surface area contributed by atoms with Crippen molar-refractivity contribution in [3.63, 3.8) is 0 Å². The monoisotopic (exact) mass is 383 g/mol. The Labute approximate surface area is 154 Å². The molecule has 0 saturated heterocycles. The quantitative estimate of drug-likeness (QED) is 0.580. The molecule has 1 aromatic heterocycles.